The van der Waals surface area contributed by atoms with Crippen molar-refractivity contribution in [1.29, 1.82) is 0 Å². The molecule has 18 rings (SSSR count). The number of rotatable bonds is 16. The first kappa shape index (κ1) is 96.5. The third-order valence-corrected chi connectivity index (χ3v) is 21.2. The normalized spacial score (nSPS) is 11.1. The van der Waals surface area contributed by atoms with Crippen LogP contribution in [-0.2, 0) is 71.5 Å². The Morgan fingerprint density at radius 1 is 0.437 bits per heavy atom. The number of aliphatic hydroxyl groups is 1. The van der Waals surface area contributed by atoms with Crippen molar-refractivity contribution in [2.45, 2.75) is 154 Å². The average Bonchev–Trinajstić information content (AvgIpc) is 1.59. The van der Waals surface area contributed by atoms with Gasteiger partial charge in [0.1, 0.15) is 11.2 Å². The minimum atomic E-state index is -0.125. The first-order valence-corrected chi connectivity index (χ1v) is 42.4. The molecule has 18 aromatic rings. The Balaban J connectivity index is 0.000000164. The van der Waals surface area contributed by atoms with Crippen LogP contribution in [0.2, 0.25) is 0 Å². The number of furan rings is 2. The predicted octanol–water partition coefficient (Wildman–Crippen LogP) is 29.1. The van der Waals surface area contributed by atoms with Gasteiger partial charge in [0.2, 0.25) is 5.71 Å². The number of aryl methyl sites for hydroxylation is 3. The smallest absolute Gasteiger partial charge is 0.216 e. The molecule has 0 aliphatic heterocycles. The number of benzene rings is 10. The van der Waals surface area contributed by atoms with E-state index in [1.807, 2.05) is 135 Å². The van der Waals surface area contributed by atoms with Gasteiger partial charge in [-0.15, -0.1) is 161 Å². The third-order valence-electron chi connectivity index (χ3n) is 21.2. The number of pyridine rings is 4. The molecule has 1 N–H and O–H groups in total. The first-order valence-electron chi connectivity index (χ1n) is 42.4. The van der Waals surface area contributed by atoms with Crippen molar-refractivity contribution in [3.63, 3.8) is 0 Å². The largest absolute Gasteiger partial charge is 0.512 e. The molecule has 3 radical (unpaired) electrons. The average molecular weight is 2190 g/mol. The monoisotopic (exact) mass is 2190 g/mol. The number of hydrogen-bond acceptors (Lipinski definition) is 10. The summed E-state index contributed by atoms with van der Waals surface area (Å²) in [5.41, 5.74) is 28.3. The van der Waals surface area contributed by atoms with Gasteiger partial charge in [-0.25, -0.2) is 4.98 Å². The number of para-hydroxylation sites is 2. The van der Waals surface area contributed by atoms with E-state index < -0.39 is 0 Å². The maximum Gasteiger partial charge on any atom is 0.216 e. The number of ketones is 1. The Labute approximate surface area is 783 Å². The fourth-order valence-corrected chi connectivity index (χ4v) is 15.5. The molecule has 0 saturated heterocycles. The zero-order valence-corrected chi connectivity index (χ0v) is 81.7. The van der Waals surface area contributed by atoms with Crippen LogP contribution in [0.5, 0.6) is 0 Å². The molecule has 126 heavy (non-hydrogen) atoms. The van der Waals surface area contributed by atoms with Crippen LogP contribution in [0, 0.1) is 57.0 Å². The van der Waals surface area contributed by atoms with E-state index >= 15 is 0 Å². The Morgan fingerprint density at radius 3 is 1.61 bits per heavy atom. The van der Waals surface area contributed by atoms with Crippen LogP contribution in [0.1, 0.15) is 177 Å². The zero-order valence-electron chi connectivity index (χ0n) is 74.6. The first-order chi connectivity index (χ1) is 59.4. The Bertz CT molecular complexity index is 6560. The van der Waals surface area contributed by atoms with Crippen molar-refractivity contribution >= 4 is 60.7 Å². The van der Waals surface area contributed by atoms with Gasteiger partial charge in [-0.2, -0.15) is 0 Å². The van der Waals surface area contributed by atoms with E-state index in [0.717, 1.165) is 113 Å². The summed E-state index contributed by atoms with van der Waals surface area (Å²) in [6, 6.07) is 99.4. The second kappa shape index (κ2) is 44.9. The van der Waals surface area contributed by atoms with Crippen LogP contribution in [0.4, 0.5) is 0 Å². The SMILES string of the molecule is CC(=O)C=C(C)O.CC(C)c1cc2c(oc3ccccc32)c(C(C)C)c1-n1ccnc1-c1[c-]cccc1.CC(C)c1cccc(C(C)C)c1-n1ccnc1-c1[c-]cccc1.Cc1[c-]c(-c2ccc3c(CC(C)C)cccc3n2)cc(C)c1.Cc1ccc2c(n1)oc1c(-c3cc(-c4ccc(C(C)C)cc4)ccn3)[c-]ccc12.[Ir].[Ir].[Ir].[c-]1ccccc1-c1ccccn1. The molecule has 0 bridgehead atoms. The van der Waals surface area contributed by atoms with Crippen molar-refractivity contribution in [2.75, 3.05) is 0 Å². The van der Waals surface area contributed by atoms with Crippen LogP contribution in [0.3, 0.4) is 0 Å². The van der Waals surface area contributed by atoms with Gasteiger partial charge in [0.25, 0.3) is 0 Å². The van der Waals surface area contributed by atoms with Gasteiger partial charge in [-0.1, -0.05) is 211 Å². The zero-order chi connectivity index (χ0) is 87.0. The molecule has 8 aromatic heterocycles. The molecule has 10 aromatic carbocycles. The molecular formula is C111H107Ir3N8O4-5. The molecule has 15 heteroatoms. The molecule has 0 amide bonds. The van der Waals surface area contributed by atoms with E-state index in [-0.39, 0.29) is 77.8 Å². The second-order valence-corrected chi connectivity index (χ2v) is 33.0. The summed E-state index contributed by atoms with van der Waals surface area (Å²) in [5, 5.41) is 14.0. The van der Waals surface area contributed by atoms with Crippen LogP contribution in [0.15, 0.2) is 301 Å². The molecule has 0 saturated carbocycles. The van der Waals surface area contributed by atoms with Crippen LogP contribution >= 0.6 is 0 Å². The fourth-order valence-electron chi connectivity index (χ4n) is 15.5. The fraction of sp³-hybridized carbons (Fsp3) is 0.216. The van der Waals surface area contributed by atoms with Crippen LogP contribution < -0.4 is 0 Å². The van der Waals surface area contributed by atoms with E-state index in [1.165, 1.54) is 92.0 Å². The number of allylic oxidation sites excluding steroid dienone is 2. The molecule has 0 spiro atoms. The molecule has 0 atom stereocenters. The van der Waals surface area contributed by atoms with Gasteiger partial charge >= 0.3 is 0 Å². The molecule has 12 nitrogen and oxygen atoms in total. The molecule has 0 aliphatic rings. The number of hydrogen-bond donors (Lipinski definition) is 1. The molecule has 8 heterocycles. The molecule has 0 unspecified atom stereocenters. The number of aromatic nitrogens is 8. The summed E-state index contributed by atoms with van der Waals surface area (Å²) in [4.78, 5) is 37.5. The minimum absolute atomic E-state index is 0. The maximum absolute atomic E-state index is 10.0. The van der Waals surface area contributed by atoms with Gasteiger partial charge in [-0.05, 0) is 161 Å². The molecule has 0 fully saturated rings. The van der Waals surface area contributed by atoms with E-state index in [4.69, 9.17) is 18.9 Å². The minimum Gasteiger partial charge on any atom is -0.512 e. The van der Waals surface area contributed by atoms with Gasteiger partial charge in [0, 0.05) is 148 Å². The van der Waals surface area contributed by atoms with Crippen molar-refractivity contribution < 1.29 is 79.1 Å². The molecule has 0 aliphatic carbocycles. The number of aliphatic hydroxyl groups excluding tert-OH is 1. The summed E-state index contributed by atoms with van der Waals surface area (Å²) in [6.45, 7) is 35.9. The summed E-state index contributed by atoms with van der Waals surface area (Å²) in [5.74, 6) is 4.51. The van der Waals surface area contributed by atoms with E-state index in [1.54, 1.807) is 6.20 Å². The summed E-state index contributed by atoms with van der Waals surface area (Å²) in [7, 11) is 0. The number of carbonyl (C=O) groups excluding carboxylic acids is 1. The Kier molecular flexibility index (Phi) is 34.4. The quantitative estimate of drug-likeness (QED) is 0.0562. The van der Waals surface area contributed by atoms with E-state index in [2.05, 4.69) is 307 Å². The topological polar surface area (TPSA) is 151 Å². The summed E-state index contributed by atoms with van der Waals surface area (Å²) in [6.07, 6.45) is 13.7. The standard InChI is InChI=1S/C27H25N2O.C26H21N2O.C21H23N2.C21H22N.C11H8N.C5H8O2.3Ir/c1-17(2)21-16-22-20-12-8-9-13-23(20)30-26(22)24(18(3)4)25(21)29-15-14-28-27(29)19-10-6-5-7-11-19;1-16(2)18-8-10-19(11-9-18)20-13-14-27-24(15-20)23-6-4-5-21-22-12-7-17(3)28-26(22)29-25(21)23;1-15(2)18-11-8-12-19(16(3)4)20(18)23-14-13-22-21(23)17-9-6-5-7-10-17;1-14(2)10-17-6-5-7-21-19(17)8-9-20(22-21)18-12-15(3)11-16(4)13-18;1-2-6-10(7-3-1)11-8-4-5-9-12-11;1-4(6)3-5(2)7;;;/h5-10,12-18H,1-4H3;4-5,7-16H,1-3H3;5-9,11-16H,1-4H3;5-9,11-12,14H,10H2,1-4H3;1-6,8-9H;3,6H,1-2H3;;;/q5*-1;;;;. The predicted molar refractivity (Wildman–Crippen MR) is 507 cm³/mol. The van der Waals surface area contributed by atoms with Gasteiger partial charge in [-0.3, -0.25) is 19.7 Å². The van der Waals surface area contributed by atoms with Crippen molar-refractivity contribution in [3.8, 4) is 79.0 Å². The summed E-state index contributed by atoms with van der Waals surface area (Å²) >= 11 is 0. The van der Waals surface area contributed by atoms with Gasteiger partial charge in [0.05, 0.1) is 28.5 Å². The number of fused-ring (bicyclic) bond motifs is 7. The van der Waals surface area contributed by atoms with E-state index in [9.17, 15) is 4.79 Å². The number of carbonyl (C=O) groups is 1. The Hall–Kier alpha value is -11.8. The summed E-state index contributed by atoms with van der Waals surface area (Å²) < 4.78 is 17.0. The second-order valence-electron chi connectivity index (χ2n) is 33.0. The molecular weight excluding hydrogens is 2090 g/mol. The number of nitrogens with zero attached hydrogens (tertiary/aromatic N) is 8. The Morgan fingerprint density at radius 2 is 1.04 bits per heavy atom. The van der Waals surface area contributed by atoms with Crippen molar-refractivity contribution in [2.24, 2.45) is 5.92 Å². The third kappa shape index (κ3) is 23.5. The van der Waals surface area contributed by atoms with Gasteiger partial charge < -0.3 is 33.0 Å². The van der Waals surface area contributed by atoms with Crippen LogP contribution in [-0.4, -0.2) is 49.9 Å². The van der Waals surface area contributed by atoms with Crippen molar-refractivity contribution in [3.05, 3.63) is 372 Å². The maximum atomic E-state index is 10.0. The number of imidazole rings is 2. The van der Waals surface area contributed by atoms with Crippen molar-refractivity contribution in [1.82, 2.24) is 39.0 Å². The van der Waals surface area contributed by atoms with Crippen LogP contribution in [0.25, 0.3) is 134 Å². The van der Waals surface area contributed by atoms with E-state index in [0.29, 0.717) is 35.3 Å². The molecule has 647 valence electrons. The van der Waals surface area contributed by atoms with Gasteiger partial charge in [0.15, 0.2) is 5.78 Å².